The van der Waals surface area contributed by atoms with E-state index in [4.69, 9.17) is 11.6 Å². The summed E-state index contributed by atoms with van der Waals surface area (Å²) in [4.78, 5) is 17.5. The lowest BCUT2D eigenvalue weighted by Crippen LogP contribution is -2.50. The minimum Gasteiger partial charge on any atom is -0.354 e. The molecule has 0 radical (unpaired) electrons. The maximum atomic E-state index is 14.0. The van der Waals surface area contributed by atoms with Crippen LogP contribution < -0.4 is 10.6 Å². The number of hydrogen-bond acceptors (Lipinski definition) is 2. The Kier molecular flexibility index (Phi) is 7.52. The van der Waals surface area contributed by atoms with E-state index in [0.717, 1.165) is 38.3 Å². The molecule has 26 heavy (non-hydrogen) atoms. The zero-order chi connectivity index (χ0) is 18.0. The van der Waals surface area contributed by atoms with Gasteiger partial charge in [-0.1, -0.05) is 17.7 Å². The van der Waals surface area contributed by atoms with Gasteiger partial charge in [-0.15, -0.1) is 24.0 Å². The lowest BCUT2D eigenvalue weighted by Gasteiger charge is -2.32. The summed E-state index contributed by atoms with van der Waals surface area (Å²) in [5.74, 6) is 0.679. The largest absolute Gasteiger partial charge is 0.354 e. The third-order valence-electron chi connectivity index (χ3n) is 4.99. The SMILES string of the molecule is CN=C(NC1CCN(C(C)=O)CC1)NC1CC1c1c(F)cccc1Cl.I. The second kappa shape index (κ2) is 9.21. The molecule has 1 saturated carbocycles. The number of likely N-dealkylation sites (tertiary alicyclic amines) is 1. The average molecular weight is 495 g/mol. The van der Waals surface area contributed by atoms with E-state index in [1.54, 1.807) is 26.1 Å². The van der Waals surface area contributed by atoms with Crippen LogP contribution in [0.2, 0.25) is 5.02 Å². The third kappa shape index (κ3) is 5.00. The predicted octanol–water partition coefficient (Wildman–Crippen LogP) is 3.13. The molecule has 2 N–H and O–H groups in total. The molecule has 5 nitrogen and oxygen atoms in total. The molecule has 2 atom stereocenters. The van der Waals surface area contributed by atoms with Gasteiger partial charge in [-0.3, -0.25) is 9.79 Å². The Morgan fingerprint density at radius 3 is 2.58 bits per heavy atom. The van der Waals surface area contributed by atoms with Crippen LogP contribution in [-0.4, -0.2) is 49.0 Å². The maximum absolute atomic E-state index is 14.0. The predicted molar refractivity (Wildman–Crippen MR) is 113 cm³/mol. The standard InChI is InChI=1S/C18H24ClFN4O.HI/c1-11(25)24-8-6-12(7-9-24)22-18(21-2)23-16-10-13(16)17-14(19)4-3-5-15(17)20;/h3-5,12-13,16H,6-10H2,1-2H3,(H2,21,22,23);1H. The Balaban J connectivity index is 0.00000243. The first-order chi connectivity index (χ1) is 12.0. The average Bonchev–Trinajstić information content (AvgIpc) is 3.33. The summed E-state index contributed by atoms with van der Waals surface area (Å²) in [7, 11) is 1.73. The molecule has 1 aliphatic carbocycles. The first kappa shape index (κ1) is 21.2. The van der Waals surface area contributed by atoms with E-state index >= 15 is 0 Å². The van der Waals surface area contributed by atoms with Crippen LogP contribution in [0.1, 0.15) is 37.7 Å². The van der Waals surface area contributed by atoms with Crippen molar-refractivity contribution in [3.63, 3.8) is 0 Å². The van der Waals surface area contributed by atoms with Crippen molar-refractivity contribution in [2.45, 2.75) is 44.2 Å². The Labute approximate surface area is 175 Å². The van der Waals surface area contributed by atoms with Gasteiger partial charge in [0, 0.05) is 55.6 Å². The van der Waals surface area contributed by atoms with Crippen molar-refractivity contribution in [1.82, 2.24) is 15.5 Å². The van der Waals surface area contributed by atoms with Crippen molar-refractivity contribution in [3.8, 4) is 0 Å². The number of carbonyl (C=O) groups excluding carboxylic acids is 1. The van der Waals surface area contributed by atoms with Gasteiger partial charge in [0.15, 0.2) is 5.96 Å². The number of piperidine rings is 1. The first-order valence-electron chi connectivity index (χ1n) is 8.69. The molecule has 1 aromatic rings. The highest BCUT2D eigenvalue weighted by molar-refractivity contribution is 14.0. The lowest BCUT2D eigenvalue weighted by atomic mass is 10.1. The fourth-order valence-electron chi connectivity index (χ4n) is 3.42. The second-order valence-electron chi connectivity index (χ2n) is 6.73. The van der Waals surface area contributed by atoms with Crippen LogP contribution in [0.3, 0.4) is 0 Å². The molecule has 3 rings (SSSR count). The molecule has 2 unspecified atom stereocenters. The zero-order valence-electron chi connectivity index (χ0n) is 15.0. The van der Waals surface area contributed by atoms with Gasteiger partial charge in [0.2, 0.25) is 5.91 Å². The summed E-state index contributed by atoms with van der Waals surface area (Å²) in [5.41, 5.74) is 0.590. The Hall–Kier alpha value is -1.09. The normalized spacial score (nSPS) is 23.2. The molecule has 1 aromatic carbocycles. The van der Waals surface area contributed by atoms with E-state index in [0.29, 0.717) is 10.6 Å². The number of aliphatic imine (C=N–C) groups is 1. The number of carbonyl (C=O) groups is 1. The number of benzene rings is 1. The van der Waals surface area contributed by atoms with Gasteiger partial charge in [0.25, 0.3) is 0 Å². The molecule has 1 heterocycles. The van der Waals surface area contributed by atoms with Crippen molar-refractivity contribution in [2.24, 2.45) is 4.99 Å². The quantitative estimate of drug-likeness (QED) is 0.386. The van der Waals surface area contributed by atoms with E-state index < -0.39 is 0 Å². The first-order valence-corrected chi connectivity index (χ1v) is 9.06. The van der Waals surface area contributed by atoms with Crippen molar-refractivity contribution in [1.29, 1.82) is 0 Å². The molecular weight excluding hydrogens is 470 g/mol. The molecule has 0 spiro atoms. The molecule has 1 saturated heterocycles. The summed E-state index contributed by atoms with van der Waals surface area (Å²) >= 11 is 6.15. The Morgan fingerprint density at radius 1 is 1.31 bits per heavy atom. The molecule has 8 heteroatoms. The van der Waals surface area contributed by atoms with Crippen molar-refractivity contribution in [2.75, 3.05) is 20.1 Å². The minimum absolute atomic E-state index is 0. The highest BCUT2D eigenvalue weighted by Crippen LogP contribution is 2.44. The summed E-state index contributed by atoms with van der Waals surface area (Å²) in [5, 5.41) is 7.25. The number of hydrogen-bond donors (Lipinski definition) is 2. The summed E-state index contributed by atoms with van der Waals surface area (Å²) in [6, 6.07) is 5.23. The molecule has 2 fully saturated rings. The molecule has 1 amide bonds. The second-order valence-corrected chi connectivity index (χ2v) is 7.13. The smallest absolute Gasteiger partial charge is 0.219 e. The van der Waals surface area contributed by atoms with E-state index in [1.807, 2.05) is 4.90 Å². The fourth-order valence-corrected chi connectivity index (χ4v) is 3.72. The summed E-state index contributed by atoms with van der Waals surface area (Å²) < 4.78 is 14.0. The van der Waals surface area contributed by atoms with Crippen LogP contribution in [-0.2, 0) is 4.79 Å². The zero-order valence-corrected chi connectivity index (χ0v) is 18.1. The lowest BCUT2D eigenvalue weighted by molar-refractivity contribution is -0.129. The van der Waals surface area contributed by atoms with E-state index in [9.17, 15) is 9.18 Å². The van der Waals surface area contributed by atoms with Gasteiger partial charge in [-0.2, -0.15) is 0 Å². The number of amides is 1. The molecule has 0 bridgehead atoms. The van der Waals surface area contributed by atoms with Crippen LogP contribution in [0, 0.1) is 5.82 Å². The van der Waals surface area contributed by atoms with E-state index in [1.165, 1.54) is 6.07 Å². The molecule has 1 aliphatic heterocycles. The number of nitrogens with zero attached hydrogens (tertiary/aromatic N) is 2. The van der Waals surface area contributed by atoms with Crippen LogP contribution in [0.4, 0.5) is 4.39 Å². The summed E-state index contributed by atoms with van der Waals surface area (Å²) in [6.07, 6.45) is 2.63. The highest BCUT2D eigenvalue weighted by atomic mass is 127. The van der Waals surface area contributed by atoms with Gasteiger partial charge in [0.1, 0.15) is 5.82 Å². The van der Waals surface area contributed by atoms with Gasteiger partial charge in [-0.05, 0) is 31.4 Å². The molecule has 0 aromatic heterocycles. The van der Waals surface area contributed by atoms with E-state index in [-0.39, 0.29) is 53.7 Å². The van der Waals surface area contributed by atoms with Crippen molar-refractivity contribution >= 4 is 47.4 Å². The van der Waals surface area contributed by atoms with Crippen LogP contribution in [0.5, 0.6) is 0 Å². The molecular formula is C18H25ClFIN4O. The Bertz CT molecular complexity index is 659. The van der Waals surface area contributed by atoms with Crippen LogP contribution in [0.25, 0.3) is 0 Å². The van der Waals surface area contributed by atoms with Crippen molar-refractivity contribution < 1.29 is 9.18 Å². The number of guanidine groups is 1. The number of halogens is 3. The topological polar surface area (TPSA) is 56.7 Å². The van der Waals surface area contributed by atoms with E-state index in [2.05, 4.69) is 15.6 Å². The van der Waals surface area contributed by atoms with Crippen molar-refractivity contribution in [3.05, 3.63) is 34.6 Å². The highest BCUT2D eigenvalue weighted by Gasteiger charge is 2.42. The van der Waals surface area contributed by atoms with Crippen LogP contribution >= 0.6 is 35.6 Å². The molecule has 2 aliphatic rings. The van der Waals surface area contributed by atoms with Gasteiger partial charge < -0.3 is 15.5 Å². The number of nitrogens with one attached hydrogen (secondary N) is 2. The maximum Gasteiger partial charge on any atom is 0.219 e. The fraction of sp³-hybridized carbons (Fsp3) is 0.556. The third-order valence-corrected chi connectivity index (χ3v) is 5.32. The number of rotatable bonds is 3. The molecule has 144 valence electrons. The monoisotopic (exact) mass is 494 g/mol. The van der Waals surface area contributed by atoms with Gasteiger partial charge in [-0.25, -0.2) is 4.39 Å². The van der Waals surface area contributed by atoms with Crippen LogP contribution in [0.15, 0.2) is 23.2 Å². The summed E-state index contributed by atoms with van der Waals surface area (Å²) in [6.45, 7) is 3.14. The Morgan fingerprint density at radius 2 is 2.00 bits per heavy atom. The van der Waals surface area contributed by atoms with Gasteiger partial charge in [0.05, 0.1) is 0 Å². The minimum atomic E-state index is -0.249. The van der Waals surface area contributed by atoms with Gasteiger partial charge >= 0.3 is 0 Å².